The number of benzene rings is 1. The molecule has 0 amide bonds. The van der Waals surface area contributed by atoms with Crippen molar-refractivity contribution in [2.75, 3.05) is 13.6 Å². The number of rotatable bonds is 5. The minimum absolute atomic E-state index is 0.138. The quantitative estimate of drug-likeness (QED) is 0.792. The fraction of sp³-hybridized carbons (Fsp3) is 0.462. The van der Waals surface area contributed by atoms with Gasteiger partial charge in [-0.25, -0.2) is 0 Å². The molecule has 0 unspecified atom stereocenters. The molecule has 3 heteroatoms. The summed E-state index contributed by atoms with van der Waals surface area (Å²) >= 11 is 5.13. The van der Waals surface area contributed by atoms with E-state index in [1.807, 2.05) is 6.07 Å². The Morgan fingerprint density at radius 2 is 2.00 bits per heavy atom. The molecule has 2 rings (SSSR count). The van der Waals surface area contributed by atoms with Gasteiger partial charge < -0.3 is 10.6 Å². The second-order valence-electron chi connectivity index (χ2n) is 4.80. The van der Waals surface area contributed by atoms with E-state index in [-0.39, 0.29) is 5.41 Å². The molecule has 1 aliphatic carbocycles. The van der Waals surface area contributed by atoms with E-state index in [1.54, 1.807) is 0 Å². The zero-order valence-electron chi connectivity index (χ0n) is 9.65. The molecule has 1 aromatic rings. The third-order valence-corrected chi connectivity index (χ3v) is 3.68. The molecule has 1 fully saturated rings. The highest BCUT2D eigenvalue weighted by molar-refractivity contribution is 7.80. The van der Waals surface area contributed by atoms with Crippen LogP contribution in [0.2, 0.25) is 0 Å². The standard InChI is InChI=1S/C13H18N2S/c1-15(9-11-5-3-2-4-6-11)10-13(7-8-13)12(14)16/h2-6H,7-10H2,1H3,(H2,14,16). The van der Waals surface area contributed by atoms with Crippen LogP contribution in [-0.4, -0.2) is 23.5 Å². The van der Waals surface area contributed by atoms with Crippen molar-refractivity contribution in [1.82, 2.24) is 4.90 Å². The highest BCUT2D eigenvalue weighted by atomic mass is 32.1. The second kappa shape index (κ2) is 4.52. The Bertz CT molecular complexity index is 371. The lowest BCUT2D eigenvalue weighted by molar-refractivity contribution is 0.292. The molecule has 2 nitrogen and oxygen atoms in total. The average molecular weight is 234 g/mol. The summed E-state index contributed by atoms with van der Waals surface area (Å²) in [5.41, 5.74) is 7.25. The first-order valence-electron chi connectivity index (χ1n) is 5.65. The first-order chi connectivity index (χ1) is 7.62. The Morgan fingerprint density at radius 1 is 1.38 bits per heavy atom. The number of hydrogen-bond acceptors (Lipinski definition) is 2. The van der Waals surface area contributed by atoms with Gasteiger partial charge in [0.05, 0.1) is 4.99 Å². The fourth-order valence-electron chi connectivity index (χ4n) is 2.10. The molecule has 16 heavy (non-hydrogen) atoms. The lowest BCUT2D eigenvalue weighted by Crippen LogP contribution is -2.34. The summed E-state index contributed by atoms with van der Waals surface area (Å²) < 4.78 is 0. The van der Waals surface area contributed by atoms with E-state index in [9.17, 15) is 0 Å². The molecule has 0 heterocycles. The number of thiocarbonyl (C=S) groups is 1. The van der Waals surface area contributed by atoms with Crippen LogP contribution in [0.3, 0.4) is 0 Å². The van der Waals surface area contributed by atoms with Gasteiger partial charge in [0.2, 0.25) is 0 Å². The first kappa shape index (κ1) is 11.6. The van der Waals surface area contributed by atoms with Gasteiger partial charge in [-0.3, -0.25) is 0 Å². The van der Waals surface area contributed by atoms with Crippen molar-refractivity contribution in [3.8, 4) is 0 Å². The van der Waals surface area contributed by atoms with E-state index in [4.69, 9.17) is 18.0 Å². The van der Waals surface area contributed by atoms with E-state index in [2.05, 4.69) is 36.2 Å². The van der Waals surface area contributed by atoms with Gasteiger partial charge in [0.15, 0.2) is 0 Å². The van der Waals surface area contributed by atoms with Gasteiger partial charge in [-0.2, -0.15) is 0 Å². The highest BCUT2D eigenvalue weighted by Gasteiger charge is 2.46. The number of hydrogen-bond donors (Lipinski definition) is 1. The van der Waals surface area contributed by atoms with Crippen LogP contribution in [-0.2, 0) is 6.54 Å². The van der Waals surface area contributed by atoms with Gasteiger partial charge in [0.25, 0.3) is 0 Å². The molecular formula is C13H18N2S. The molecule has 0 spiro atoms. The van der Waals surface area contributed by atoms with E-state index in [0.29, 0.717) is 4.99 Å². The van der Waals surface area contributed by atoms with Crippen LogP contribution in [0.1, 0.15) is 18.4 Å². The number of nitrogens with zero attached hydrogens (tertiary/aromatic N) is 1. The summed E-state index contributed by atoms with van der Waals surface area (Å²) in [5.74, 6) is 0. The van der Waals surface area contributed by atoms with Gasteiger partial charge in [-0.1, -0.05) is 42.5 Å². The van der Waals surface area contributed by atoms with Crippen molar-refractivity contribution in [1.29, 1.82) is 0 Å². The summed E-state index contributed by atoms with van der Waals surface area (Å²) in [6.45, 7) is 1.95. The van der Waals surface area contributed by atoms with Gasteiger partial charge in [0.1, 0.15) is 0 Å². The monoisotopic (exact) mass is 234 g/mol. The van der Waals surface area contributed by atoms with Crippen molar-refractivity contribution in [3.05, 3.63) is 35.9 Å². The predicted molar refractivity (Wildman–Crippen MR) is 71.2 cm³/mol. The Kier molecular flexibility index (Phi) is 3.26. The SMILES string of the molecule is CN(Cc1ccccc1)CC1(C(N)=S)CC1. The summed E-state index contributed by atoms with van der Waals surface area (Å²) in [4.78, 5) is 2.99. The normalized spacial score (nSPS) is 17.4. The molecular weight excluding hydrogens is 216 g/mol. The zero-order chi connectivity index (χ0) is 11.6. The molecule has 0 atom stereocenters. The van der Waals surface area contributed by atoms with Crippen LogP contribution in [0.15, 0.2) is 30.3 Å². The summed E-state index contributed by atoms with van der Waals surface area (Å²) in [7, 11) is 2.13. The molecule has 0 aliphatic heterocycles. The molecule has 0 bridgehead atoms. The van der Waals surface area contributed by atoms with Crippen molar-refractivity contribution < 1.29 is 0 Å². The van der Waals surface area contributed by atoms with Gasteiger partial charge in [0, 0.05) is 18.5 Å². The highest BCUT2D eigenvalue weighted by Crippen LogP contribution is 2.46. The minimum atomic E-state index is 0.138. The third-order valence-electron chi connectivity index (χ3n) is 3.24. The number of nitrogens with two attached hydrogens (primary N) is 1. The predicted octanol–water partition coefficient (Wildman–Crippen LogP) is 2.18. The average Bonchev–Trinajstić information content (AvgIpc) is 3.00. The van der Waals surface area contributed by atoms with Gasteiger partial charge in [-0.05, 0) is 25.5 Å². The van der Waals surface area contributed by atoms with Crippen molar-refractivity contribution >= 4 is 17.2 Å². The minimum Gasteiger partial charge on any atom is -0.393 e. The van der Waals surface area contributed by atoms with Crippen LogP contribution in [0.4, 0.5) is 0 Å². The van der Waals surface area contributed by atoms with Crippen LogP contribution in [0.25, 0.3) is 0 Å². The van der Waals surface area contributed by atoms with E-state index < -0.39 is 0 Å². The first-order valence-corrected chi connectivity index (χ1v) is 6.06. The van der Waals surface area contributed by atoms with E-state index in [0.717, 1.165) is 25.9 Å². The molecule has 0 aromatic heterocycles. The van der Waals surface area contributed by atoms with Crippen LogP contribution < -0.4 is 5.73 Å². The Labute approximate surface area is 102 Å². The molecule has 1 aliphatic rings. The summed E-state index contributed by atoms with van der Waals surface area (Å²) in [6.07, 6.45) is 2.31. The molecule has 2 N–H and O–H groups in total. The van der Waals surface area contributed by atoms with E-state index in [1.165, 1.54) is 5.56 Å². The molecule has 1 saturated carbocycles. The summed E-state index contributed by atoms with van der Waals surface area (Å²) in [6, 6.07) is 10.5. The summed E-state index contributed by atoms with van der Waals surface area (Å²) in [5, 5.41) is 0. The molecule has 0 saturated heterocycles. The van der Waals surface area contributed by atoms with Crippen LogP contribution in [0.5, 0.6) is 0 Å². The maximum atomic E-state index is 5.78. The van der Waals surface area contributed by atoms with Crippen molar-refractivity contribution in [2.24, 2.45) is 11.1 Å². The van der Waals surface area contributed by atoms with Gasteiger partial charge >= 0.3 is 0 Å². The Hall–Kier alpha value is -0.930. The third kappa shape index (κ3) is 2.60. The topological polar surface area (TPSA) is 29.3 Å². The fourth-order valence-corrected chi connectivity index (χ4v) is 2.37. The smallest absolute Gasteiger partial charge is 0.0802 e. The van der Waals surface area contributed by atoms with Crippen LogP contribution >= 0.6 is 12.2 Å². The lowest BCUT2D eigenvalue weighted by Gasteiger charge is -2.22. The van der Waals surface area contributed by atoms with Crippen molar-refractivity contribution in [3.63, 3.8) is 0 Å². The maximum absolute atomic E-state index is 5.78. The Balaban J connectivity index is 1.90. The molecule has 1 aromatic carbocycles. The van der Waals surface area contributed by atoms with Crippen LogP contribution in [0, 0.1) is 5.41 Å². The maximum Gasteiger partial charge on any atom is 0.0802 e. The van der Waals surface area contributed by atoms with E-state index >= 15 is 0 Å². The largest absolute Gasteiger partial charge is 0.393 e. The zero-order valence-corrected chi connectivity index (χ0v) is 10.5. The van der Waals surface area contributed by atoms with Gasteiger partial charge in [-0.15, -0.1) is 0 Å². The van der Waals surface area contributed by atoms with Crippen molar-refractivity contribution in [2.45, 2.75) is 19.4 Å². The second-order valence-corrected chi connectivity index (χ2v) is 5.24. The lowest BCUT2D eigenvalue weighted by atomic mass is 10.1. The Morgan fingerprint density at radius 3 is 2.50 bits per heavy atom. The molecule has 0 radical (unpaired) electrons. The molecule has 86 valence electrons.